The number of carboxylic acid groups (broad SMARTS) is 1. The fourth-order valence-corrected chi connectivity index (χ4v) is 4.23. The van der Waals surface area contributed by atoms with Gasteiger partial charge in [-0.15, -0.1) is 5.92 Å². The summed E-state index contributed by atoms with van der Waals surface area (Å²) in [6.07, 6.45) is 7.94. The number of aliphatic carboxylic acids is 1. The van der Waals surface area contributed by atoms with Crippen molar-refractivity contribution in [2.45, 2.75) is 57.8 Å². The molecule has 0 heterocycles. The second-order valence-corrected chi connectivity index (χ2v) is 7.64. The molecule has 2 aliphatic carbocycles. The molecule has 4 nitrogen and oxygen atoms in total. The smallest absolute Gasteiger partial charge is 0.304 e. The zero-order chi connectivity index (χ0) is 19.3. The number of allylic oxidation sites excluding steroid dienone is 1. The van der Waals surface area contributed by atoms with Gasteiger partial charge in [-0.05, 0) is 61.3 Å². The van der Waals surface area contributed by atoms with Gasteiger partial charge in [-0.1, -0.05) is 24.1 Å². The lowest BCUT2D eigenvalue weighted by atomic mass is 9.75. The van der Waals surface area contributed by atoms with E-state index in [0.29, 0.717) is 25.2 Å². The van der Waals surface area contributed by atoms with Gasteiger partial charge in [-0.2, -0.15) is 0 Å². The van der Waals surface area contributed by atoms with Gasteiger partial charge in [0.05, 0.1) is 12.3 Å². The van der Waals surface area contributed by atoms with Crippen LogP contribution in [-0.2, 0) is 9.59 Å². The average molecular weight is 366 g/mol. The van der Waals surface area contributed by atoms with Crippen molar-refractivity contribution in [2.75, 3.05) is 6.61 Å². The molecule has 1 aromatic carbocycles. The summed E-state index contributed by atoms with van der Waals surface area (Å²) < 4.78 is 5.95. The Morgan fingerprint density at radius 2 is 2.04 bits per heavy atom. The number of carbonyl (C=O) groups is 2. The quantitative estimate of drug-likeness (QED) is 0.595. The summed E-state index contributed by atoms with van der Waals surface area (Å²) >= 11 is 0. The maximum Gasteiger partial charge on any atom is 0.304 e. The van der Waals surface area contributed by atoms with Gasteiger partial charge in [-0.25, -0.2) is 0 Å². The van der Waals surface area contributed by atoms with Gasteiger partial charge in [0.15, 0.2) is 0 Å². The SMILES string of the molecule is CC#C[C@@H](CC(=O)O)c1ccc(OCC2=C[C@@]3(CCC2)CCC(=O)C3)cc1. The van der Waals surface area contributed by atoms with Crippen LogP contribution in [-0.4, -0.2) is 23.5 Å². The maximum absolute atomic E-state index is 11.7. The molecule has 4 heteroatoms. The first-order valence-corrected chi connectivity index (χ1v) is 9.59. The molecular formula is C23H26O4. The predicted octanol–water partition coefficient (Wildman–Crippen LogP) is 4.50. The number of rotatable bonds is 6. The lowest BCUT2D eigenvalue weighted by Gasteiger charge is -2.30. The first-order chi connectivity index (χ1) is 13.0. The number of hydrogen-bond acceptors (Lipinski definition) is 3. The Hall–Kier alpha value is -2.54. The number of ether oxygens (including phenoxy) is 1. The van der Waals surface area contributed by atoms with E-state index in [1.54, 1.807) is 6.92 Å². The summed E-state index contributed by atoms with van der Waals surface area (Å²) in [4.78, 5) is 22.7. The number of carboxylic acids is 1. The highest BCUT2D eigenvalue weighted by atomic mass is 16.5. The number of ketones is 1. The molecule has 3 rings (SSSR count). The van der Waals surface area contributed by atoms with Crippen LogP contribution in [0.3, 0.4) is 0 Å². The largest absolute Gasteiger partial charge is 0.489 e. The average Bonchev–Trinajstić information content (AvgIpc) is 2.99. The first-order valence-electron chi connectivity index (χ1n) is 9.59. The highest BCUT2D eigenvalue weighted by Crippen LogP contribution is 2.45. The van der Waals surface area contributed by atoms with Crippen LogP contribution >= 0.6 is 0 Å². The summed E-state index contributed by atoms with van der Waals surface area (Å²) in [5.74, 6) is 5.75. The van der Waals surface area contributed by atoms with Crippen molar-refractivity contribution in [3.8, 4) is 17.6 Å². The highest BCUT2D eigenvalue weighted by molar-refractivity contribution is 5.82. The van der Waals surface area contributed by atoms with Crippen LogP contribution in [0.5, 0.6) is 5.75 Å². The molecule has 27 heavy (non-hydrogen) atoms. The topological polar surface area (TPSA) is 63.6 Å². The van der Waals surface area contributed by atoms with Gasteiger partial charge in [-0.3, -0.25) is 9.59 Å². The Labute approximate surface area is 160 Å². The minimum atomic E-state index is -0.855. The van der Waals surface area contributed by atoms with Crippen LogP contribution < -0.4 is 4.74 Å². The van der Waals surface area contributed by atoms with Gasteiger partial charge >= 0.3 is 5.97 Å². The highest BCUT2D eigenvalue weighted by Gasteiger charge is 2.38. The van der Waals surface area contributed by atoms with Gasteiger partial charge in [0, 0.05) is 12.8 Å². The predicted molar refractivity (Wildman–Crippen MR) is 104 cm³/mol. The van der Waals surface area contributed by atoms with Gasteiger partial charge < -0.3 is 9.84 Å². The van der Waals surface area contributed by atoms with Crippen LogP contribution in [0.25, 0.3) is 0 Å². The van der Waals surface area contributed by atoms with E-state index in [0.717, 1.165) is 37.0 Å². The van der Waals surface area contributed by atoms with Crippen molar-refractivity contribution in [1.29, 1.82) is 0 Å². The number of Topliss-reactive ketones (excluding diaryl/α,β-unsaturated/α-hetero) is 1. The lowest BCUT2D eigenvalue weighted by Crippen LogP contribution is -2.20. The summed E-state index contributed by atoms with van der Waals surface area (Å²) in [5, 5.41) is 9.04. The zero-order valence-corrected chi connectivity index (χ0v) is 15.8. The third-order valence-corrected chi connectivity index (χ3v) is 5.54. The van der Waals surface area contributed by atoms with E-state index in [2.05, 4.69) is 17.9 Å². The molecular weight excluding hydrogens is 340 g/mol. The number of benzene rings is 1. The van der Waals surface area contributed by atoms with Gasteiger partial charge in [0.2, 0.25) is 0 Å². The molecule has 0 saturated heterocycles. The molecule has 1 N–H and O–H groups in total. The third-order valence-electron chi connectivity index (χ3n) is 5.54. The van der Waals surface area contributed by atoms with Crippen molar-refractivity contribution in [3.63, 3.8) is 0 Å². The van der Waals surface area contributed by atoms with E-state index in [1.165, 1.54) is 5.57 Å². The molecule has 0 radical (unpaired) electrons. The first kappa shape index (κ1) is 19.2. The monoisotopic (exact) mass is 366 g/mol. The Kier molecular flexibility index (Phi) is 6.01. The molecule has 1 spiro atoms. The fourth-order valence-electron chi connectivity index (χ4n) is 4.23. The second kappa shape index (κ2) is 8.43. The van der Waals surface area contributed by atoms with E-state index in [1.807, 2.05) is 24.3 Å². The second-order valence-electron chi connectivity index (χ2n) is 7.64. The molecule has 0 aliphatic heterocycles. The standard InChI is InChI=1S/C23H26O4/c1-2-4-19(13-22(25)26)18-6-8-21(9-7-18)27-16-17-5-3-11-23(14-17)12-10-20(24)15-23/h6-9,14,19H,3,5,10-13,15-16H2,1H3,(H,25,26)/t19-,23+/m0/s1. The van der Waals surface area contributed by atoms with Crippen molar-refractivity contribution in [1.82, 2.24) is 0 Å². The van der Waals surface area contributed by atoms with E-state index in [9.17, 15) is 9.59 Å². The minimum Gasteiger partial charge on any atom is -0.489 e. The van der Waals surface area contributed by atoms with E-state index in [4.69, 9.17) is 9.84 Å². The normalized spacial score (nSPS) is 22.7. The summed E-state index contributed by atoms with van der Waals surface area (Å²) in [5.41, 5.74) is 2.25. The molecule has 1 fully saturated rings. The summed E-state index contributed by atoms with van der Waals surface area (Å²) in [6.45, 7) is 2.26. The van der Waals surface area contributed by atoms with E-state index < -0.39 is 5.97 Å². The number of hydrogen-bond donors (Lipinski definition) is 1. The van der Waals surface area contributed by atoms with Gasteiger partial charge in [0.25, 0.3) is 0 Å². The molecule has 0 aromatic heterocycles. The van der Waals surface area contributed by atoms with Crippen molar-refractivity contribution >= 4 is 11.8 Å². The van der Waals surface area contributed by atoms with Crippen LogP contribution in [0.2, 0.25) is 0 Å². The molecule has 0 unspecified atom stereocenters. The van der Waals surface area contributed by atoms with E-state index in [-0.39, 0.29) is 17.8 Å². The van der Waals surface area contributed by atoms with Crippen LogP contribution in [0.1, 0.15) is 63.4 Å². The lowest BCUT2D eigenvalue weighted by molar-refractivity contribution is -0.137. The Morgan fingerprint density at radius 3 is 2.67 bits per heavy atom. The molecule has 1 saturated carbocycles. The molecule has 1 aromatic rings. The zero-order valence-electron chi connectivity index (χ0n) is 15.8. The molecule has 2 aliphatic rings. The van der Waals surface area contributed by atoms with Crippen LogP contribution in [0.4, 0.5) is 0 Å². The van der Waals surface area contributed by atoms with Crippen LogP contribution in [0, 0.1) is 17.3 Å². The van der Waals surface area contributed by atoms with Crippen LogP contribution in [0.15, 0.2) is 35.9 Å². The summed E-state index contributed by atoms with van der Waals surface area (Å²) in [7, 11) is 0. The third kappa shape index (κ3) is 5.01. The number of carbonyl (C=O) groups excluding carboxylic acids is 1. The maximum atomic E-state index is 11.7. The van der Waals surface area contributed by atoms with Gasteiger partial charge in [0.1, 0.15) is 18.1 Å². The minimum absolute atomic E-state index is 0.00523. The van der Waals surface area contributed by atoms with Crippen molar-refractivity contribution in [2.24, 2.45) is 5.41 Å². The Morgan fingerprint density at radius 1 is 1.26 bits per heavy atom. The summed E-state index contributed by atoms with van der Waals surface area (Å²) in [6, 6.07) is 7.53. The Bertz CT molecular complexity index is 794. The van der Waals surface area contributed by atoms with E-state index >= 15 is 0 Å². The molecule has 0 bridgehead atoms. The van der Waals surface area contributed by atoms with Crippen molar-refractivity contribution in [3.05, 3.63) is 41.5 Å². The fraction of sp³-hybridized carbons (Fsp3) is 0.478. The van der Waals surface area contributed by atoms with Crippen molar-refractivity contribution < 1.29 is 19.4 Å². The molecule has 2 atom stereocenters. The molecule has 0 amide bonds. The Balaban J connectivity index is 1.62. The molecule has 142 valence electrons.